The molecule has 0 unspecified atom stereocenters. The molecule has 0 atom stereocenters. The summed E-state index contributed by atoms with van der Waals surface area (Å²) in [5.74, 6) is 0.0976. The average Bonchev–Trinajstić information content (AvgIpc) is 3.20. The lowest BCUT2D eigenvalue weighted by atomic mass is 9.93. The van der Waals surface area contributed by atoms with E-state index in [9.17, 15) is 9.18 Å². The van der Waals surface area contributed by atoms with Crippen LogP contribution in [0.4, 0.5) is 4.39 Å². The van der Waals surface area contributed by atoms with Crippen LogP contribution >= 0.6 is 0 Å². The van der Waals surface area contributed by atoms with Crippen LogP contribution in [0.5, 0.6) is 0 Å². The summed E-state index contributed by atoms with van der Waals surface area (Å²) in [5.41, 5.74) is 0.574. The van der Waals surface area contributed by atoms with Crippen molar-refractivity contribution in [2.45, 2.75) is 25.8 Å². The summed E-state index contributed by atoms with van der Waals surface area (Å²) < 4.78 is 15.9. The van der Waals surface area contributed by atoms with Crippen molar-refractivity contribution in [2.24, 2.45) is 5.92 Å². The molecule has 2 aromatic heterocycles. The molecule has 5 nitrogen and oxygen atoms in total. The fourth-order valence-electron chi connectivity index (χ4n) is 3.56. The van der Waals surface area contributed by atoms with Gasteiger partial charge in [0.05, 0.1) is 0 Å². The molecule has 0 N–H and O–H groups in total. The van der Waals surface area contributed by atoms with Crippen molar-refractivity contribution in [3.8, 4) is 0 Å². The Kier molecular flexibility index (Phi) is 4.65. The third kappa shape index (κ3) is 3.45. The number of carbonyl (C=O) groups excluding carboxylic acids is 1. The maximum atomic E-state index is 13.9. The zero-order valence-corrected chi connectivity index (χ0v) is 14.5. The van der Waals surface area contributed by atoms with Crippen molar-refractivity contribution in [2.75, 3.05) is 13.1 Å². The van der Waals surface area contributed by atoms with Gasteiger partial charge in [-0.1, -0.05) is 18.2 Å². The number of halogens is 1. The first-order valence-corrected chi connectivity index (χ1v) is 9.03. The second-order valence-electron chi connectivity index (χ2n) is 6.80. The molecule has 0 radical (unpaired) electrons. The van der Waals surface area contributed by atoms with Crippen molar-refractivity contribution in [3.05, 3.63) is 60.3 Å². The number of aryl methyl sites for hydroxylation is 1. The Bertz CT molecular complexity index is 901. The molecule has 4 rings (SSSR count). The molecule has 1 saturated heterocycles. The van der Waals surface area contributed by atoms with Crippen LogP contribution in [0.2, 0.25) is 0 Å². The number of hydrogen-bond donors (Lipinski definition) is 0. The number of rotatable bonds is 4. The Morgan fingerprint density at radius 2 is 2.00 bits per heavy atom. The van der Waals surface area contributed by atoms with Gasteiger partial charge in [-0.15, -0.1) is 0 Å². The molecule has 1 aliphatic rings. The van der Waals surface area contributed by atoms with Gasteiger partial charge in [0, 0.05) is 37.4 Å². The molecule has 0 spiro atoms. The summed E-state index contributed by atoms with van der Waals surface area (Å²) in [4.78, 5) is 18.8. The molecule has 0 bridgehead atoms. The maximum Gasteiger partial charge on any atom is 0.272 e. The van der Waals surface area contributed by atoms with Crippen molar-refractivity contribution < 1.29 is 9.18 Å². The van der Waals surface area contributed by atoms with Crippen LogP contribution in [0, 0.1) is 11.7 Å². The molecule has 1 amide bonds. The summed E-state index contributed by atoms with van der Waals surface area (Å²) in [7, 11) is 0. The lowest BCUT2D eigenvalue weighted by Crippen LogP contribution is -2.39. The predicted molar refractivity (Wildman–Crippen MR) is 97.2 cm³/mol. The molecule has 3 heterocycles. The van der Waals surface area contributed by atoms with Crippen LogP contribution in [-0.2, 0) is 6.54 Å². The van der Waals surface area contributed by atoms with E-state index < -0.39 is 5.82 Å². The van der Waals surface area contributed by atoms with Crippen LogP contribution in [0.15, 0.2) is 48.8 Å². The van der Waals surface area contributed by atoms with Gasteiger partial charge >= 0.3 is 0 Å². The van der Waals surface area contributed by atoms with E-state index in [-0.39, 0.29) is 11.4 Å². The van der Waals surface area contributed by atoms with E-state index in [0.717, 1.165) is 38.9 Å². The number of likely N-dealkylation sites (tertiary alicyclic amines) is 1. The van der Waals surface area contributed by atoms with Gasteiger partial charge in [0.1, 0.15) is 17.0 Å². The van der Waals surface area contributed by atoms with Crippen LogP contribution < -0.4 is 0 Å². The van der Waals surface area contributed by atoms with E-state index in [1.54, 1.807) is 30.5 Å². The van der Waals surface area contributed by atoms with Crippen LogP contribution in [0.25, 0.3) is 10.9 Å². The zero-order valence-electron chi connectivity index (χ0n) is 14.5. The molecule has 134 valence electrons. The van der Waals surface area contributed by atoms with Crippen molar-refractivity contribution in [3.63, 3.8) is 0 Å². The highest BCUT2D eigenvalue weighted by atomic mass is 19.1. The molecule has 1 aliphatic heterocycles. The molecule has 3 aromatic rings. The number of piperidine rings is 1. The average molecular weight is 352 g/mol. The fraction of sp³-hybridized carbons (Fsp3) is 0.350. The van der Waals surface area contributed by atoms with E-state index in [2.05, 4.69) is 10.1 Å². The van der Waals surface area contributed by atoms with Gasteiger partial charge < -0.3 is 4.90 Å². The van der Waals surface area contributed by atoms with Gasteiger partial charge in [0.15, 0.2) is 0 Å². The number of para-hydroxylation sites is 1. The van der Waals surface area contributed by atoms with Gasteiger partial charge in [-0.3, -0.25) is 9.48 Å². The largest absolute Gasteiger partial charge is 0.337 e. The molecule has 1 aromatic carbocycles. The third-order valence-corrected chi connectivity index (χ3v) is 5.12. The van der Waals surface area contributed by atoms with Crippen LogP contribution in [0.3, 0.4) is 0 Å². The second kappa shape index (κ2) is 7.23. The van der Waals surface area contributed by atoms with Crippen LogP contribution in [-0.4, -0.2) is 38.7 Å². The smallest absolute Gasteiger partial charge is 0.272 e. The van der Waals surface area contributed by atoms with Crippen molar-refractivity contribution in [1.82, 2.24) is 19.7 Å². The number of nitrogens with zero attached hydrogens (tertiary/aromatic N) is 4. The fourth-order valence-corrected chi connectivity index (χ4v) is 3.56. The lowest BCUT2D eigenvalue weighted by Gasteiger charge is -2.31. The second-order valence-corrected chi connectivity index (χ2v) is 6.80. The third-order valence-electron chi connectivity index (χ3n) is 5.12. The molecular formula is C20H21FN4O. The van der Waals surface area contributed by atoms with Gasteiger partial charge in [0.25, 0.3) is 5.91 Å². The van der Waals surface area contributed by atoms with E-state index in [4.69, 9.17) is 0 Å². The number of carbonyl (C=O) groups is 1. The minimum atomic E-state index is -0.394. The lowest BCUT2D eigenvalue weighted by molar-refractivity contribution is 0.0679. The normalized spacial score (nSPS) is 15.5. The van der Waals surface area contributed by atoms with E-state index in [1.807, 2.05) is 21.8 Å². The zero-order chi connectivity index (χ0) is 17.9. The van der Waals surface area contributed by atoms with E-state index in [1.165, 1.54) is 6.07 Å². The first-order chi connectivity index (χ1) is 12.7. The molecule has 6 heteroatoms. The number of hydrogen-bond acceptors (Lipinski definition) is 3. The van der Waals surface area contributed by atoms with E-state index in [0.29, 0.717) is 17.0 Å². The summed E-state index contributed by atoms with van der Waals surface area (Å²) in [5, 5.41) is 4.94. The Morgan fingerprint density at radius 3 is 2.77 bits per heavy atom. The topological polar surface area (TPSA) is 51.0 Å². The van der Waals surface area contributed by atoms with Crippen molar-refractivity contribution >= 4 is 16.8 Å². The highest BCUT2D eigenvalue weighted by molar-refractivity contribution is 5.95. The quantitative estimate of drug-likeness (QED) is 0.722. The molecular weight excluding hydrogens is 331 g/mol. The summed E-state index contributed by atoms with van der Waals surface area (Å²) in [6.07, 6.45) is 6.80. The van der Waals surface area contributed by atoms with Gasteiger partial charge in [-0.25, -0.2) is 9.37 Å². The highest BCUT2D eigenvalue weighted by Crippen LogP contribution is 2.23. The number of pyridine rings is 1. The minimum Gasteiger partial charge on any atom is -0.337 e. The molecule has 0 aliphatic carbocycles. The Hall–Kier alpha value is -2.76. The number of benzene rings is 1. The Labute approximate surface area is 151 Å². The minimum absolute atomic E-state index is 0.110. The van der Waals surface area contributed by atoms with E-state index >= 15 is 0 Å². The summed E-state index contributed by atoms with van der Waals surface area (Å²) in [6.45, 7) is 2.36. The monoisotopic (exact) mass is 352 g/mol. The standard InChI is InChI=1S/C20H21FN4O/c21-17-4-1-3-16-5-6-18(23-19(16)17)20(26)24-12-7-15(8-13-24)9-14-25-11-2-10-22-25/h1-6,10-11,15H,7-9,12-14H2. The Morgan fingerprint density at radius 1 is 1.15 bits per heavy atom. The van der Waals surface area contributed by atoms with Crippen LogP contribution in [0.1, 0.15) is 29.8 Å². The summed E-state index contributed by atoms with van der Waals surface area (Å²) in [6, 6.07) is 10.2. The highest BCUT2D eigenvalue weighted by Gasteiger charge is 2.24. The summed E-state index contributed by atoms with van der Waals surface area (Å²) >= 11 is 0. The van der Waals surface area contributed by atoms with Gasteiger partial charge in [0.2, 0.25) is 0 Å². The van der Waals surface area contributed by atoms with Gasteiger partial charge in [-0.2, -0.15) is 5.10 Å². The molecule has 0 saturated carbocycles. The molecule has 26 heavy (non-hydrogen) atoms. The predicted octanol–water partition coefficient (Wildman–Crippen LogP) is 3.51. The first kappa shape index (κ1) is 16.7. The molecule has 1 fully saturated rings. The number of amides is 1. The maximum absolute atomic E-state index is 13.9. The van der Waals surface area contributed by atoms with Crippen molar-refractivity contribution in [1.29, 1.82) is 0 Å². The Balaban J connectivity index is 1.38. The number of aromatic nitrogens is 3. The first-order valence-electron chi connectivity index (χ1n) is 9.03. The van der Waals surface area contributed by atoms with Gasteiger partial charge in [-0.05, 0) is 43.4 Å². The number of fused-ring (bicyclic) bond motifs is 1. The SMILES string of the molecule is O=C(c1ccc2cccc(F)c2n1)N1CCC(CCn2cccn2)CC1.